The molecule has 0 aliphatic rings. The van der Waals surface area contributed by atoms with Crippen LogP contribution in [0.1, 0.15) is 31.9 Å². The molecule has 0 spiro atoms. The van der Waals surface area contributed by atoms with Crippen molar-refractivity contribution in [2.75, 3.05) is 0 Å². The van der Waals surface area contributed by atoms with Crippen molar-refractivity contribution < 1.29 is 0 Å². The Morgan fingerprint density at radius 3 is 2.83 bits per heavy atom. The second-order valence-corrected chi connectivity index (χ2v) is 3.16. The van der Waals surface area contributed by atoms with Crippen molar-refractivity contribution in [1.29, 1.82) is 0 Å². The fraction of sp³-hybridized carbons (Fsp3) is 0.500. The van der Waals surface area contributed by atoms with E-state index in [9.17, 15) is 4.79 Å². The zero-order valence-electron chi connectivity index (χ0n) is 7.87. The second kappa shape index (κ2) is 3.57. The molecular formula is C10H15NO. The highest BCUT2D eigenvalue weighted by Gasteiger charge is 2.03. The molecule has 0 saturated carbocycles. The highest BCUT2D eigenvalue weighted by atomic mass is 16.1. The standard InChI is InChI=1S/C10H15NO/c1-4-9(3)11-7-5-6-8(2)10(11)12/h5-7,9H,4H2,1-3H3. The lowest BCUT2D eigenvalue weighted by molar-refractivity contribution is 0.512. The summed E-state index contributed by atoms with van der Waals surface area (Å²) in [6.45, 7) is 5.99. The molecule has 0 N–H and O–H groups in total. The Kier molecular flexibility index (Phi) is 2.69. The molecule has 0 radical (unpaired) electrons. The zero-order chi connectivity index (χ0) is 9.14. The van der Waals surface area contributed by atoms with Gasteiger partial charge in [0.1, 0.15) is 0 Å². The van der Waals surface area contributed by atoms with Gasteiger partial charge < -0.3 is 4.57 Å². The molecule has 0 saturated heterocycles. The third-order valence-corrected chi connectivity index (χ3v) is 2.23. The molecule has 1 aromatic rings. The zero-order valence-corrected chi connectivity index (χ0v) is 7.87. The summed E-state index contributed by atoms with van der Waals surface area (Å²) in [6.07, 6.45) is 2.84. The van der Waals surface area contributed by atoms with E-state index in [-0.39, 0.29) is 5.56 Å². The molecule has 0 aromatic carbocycles. The largest absolute Gasteiger partial charge is 0.313 e. The number of hydrogen-bond donors (Lipinski definition) is 0. The first-order valence-corrected chi connectivity index (χ1v) is 4.34. The second-order valence-electron chi connectivity index (χ2n) is 3.16. The van der Waals surface area contributed by atoms with E-state index in [4.69, 9.17) is 0 Å². The van der Waals surface area contributed by atoms with Gasteiger partial charge in [-0.1, -0.05) is 13.0 Å². The first kappa shape index (κ1) is 9.04. The summed E-state index contributed by atoms with van der Waals surface area (Å²) >= 11 is 0. The van der Waals surface area contributed by atoms with Gasteiger partial charge in [-0.3, -0.25) is 4.79 Å². The van der Waals surface area contributed by atoms with Crippen molar-refractivity contribution in [2.45, 2.75) is 33.2 Å². The average Bonchev–Trinajstić information content (AvgIpc) is 2.08. The van der Waals surface area contributed by atoms with Crippen LogP contribution in [0, 0.1) is 6.92 Å². The van der Waals surface area contributed by atoms with Crippen LogP contribution in [0.5, 0.6) is 0 Å². The number of hydrogen-bond acceptors (Lipinski definition) is 1. The van der Waals surface area contributed by atoms with Gasteiger partial charge in [0.15, 0.2) is 0 Å². The van der Waals surface area contributed by atoms with Gasteiger partial charge in [0.25, 0.3) is 5.56 Å². The van der Waals surface area contributed by atoms with Crippen molar-refractivity contribution >= 4 is 0 Å². The van der Waals surface area contributed by atoms with Crippen LogP contribution in [0.4, 0.5) is 0 Å². The molecule has 0 amide bonds. The Morgan fingerprint density at radius 1 is 1.58 bits per heavy atom. The normalized spacial score (nSPS) is 12.9. The quantitative estimate of drug-likeness (QED) is 0.658. The van der Waals surface area contributed by atoms with Gasteiger partial charge in [-0.2, -0.15) is 0 Å². The summed E-state index contributed by atoms with van der Waals surface area (Å²) in [5.74, 6) is 0. The molecule has 1 heterocycles. The Balaban J connectivity index is 3.17. The molecule has 0 aliphatic carbocycles. The van der Waals surface area contributed by atoms with E-state index in [2.05, 4.69) is 13.8 Å². The minimum atomic E-state index is 0.131. The third kappa shape index (κ3) is 1.58. The average molecular weight is 165 g/mol. The minimum Gasteiger partial charge on any atom is -0.313 e. The van der Waals surface area contributed by atoms with E-state index < -0.39 is 0 Å². The van der Waals surface area contributed by atoms with Gasteiger partial charge in [0.05, 0.1) is 0 Å². The van der Waals surface area contributed by atoms with Gasteiger partial charge in [-0.15, -0.1) is 0 Å². The van der Waals surface area contributed by atoms with Crippen LogP contribution in [-0.4, -0.2) is 4.57 Å². The maximum atomic E-state index is 11.5. The molecule has 2 heteroatoms. The summed E-state index contributed by atoms with van der Waals surface area (Å²) in [5.41, 5.74) is 0.949. The molecular weight excluding hydrogens is 150 g/mol. The summed E-state index contributed by atoms with van der Waals surface area (Å²) < 4.78 is 1.79. The third-order valence-electron chi connectivity index (χ3n) is 2.23. The van der Waals surface area contributed by atoms with Gasteiger partial charge in [-0.25, -0.2) is 0 Å². The SMILES string of the molecule is CCC(C)n1cccc(C)c1=O. The van der Waals surface area contributed by atoms with Crippen molar-refractivity contribution in [2.24, 2.45) is 0 Å². The van der Waals surface area contributed by atoms with Gasteiger partial charge in [0, 0.05) is 17.8 Å². The summed E-state index contributed by atoms with van der Waals surface area (Å²) in [6, 6.07) is 4.07. The van der Waals surface area contributed by atoms with Gasteiger partial charge in [-0.05, 0) is 26.3 Å². The lowest BCUT2D eigenvalue weighted by Gasteiger charge is -2.12. The molecule has 1 rings (SSSR count). The van der Waals surface area contributed by atoms with Crippen molar-refractivity contribution in [1.82, 2.24) is 4.57 Å². The van der Waals surface area contributed by atoms with E-state index in [0.717, 1.165) is 12.0 Å². The molecule has 1 unspecified atom stereocenters. The maximum Gasteiger partial charge on any atom is 0.253 e. The van der Waals surface area contributed by atoms with E-state index in [1.165, 1.54) is 0 Å². The Labute approximate surface area is 72.8 Å². The van der Waals surface area contributed by atoms with E-state index >= 15 is 0 Å². The first-order valence-electron chi connectivity index (χ1n) is 4.34. The van der Waals surface area contributed by atoms with Crippen molar-refractivity contribution in [3.63, 3.8) is 0 Å². The van der Waals surface area contributed by atoms with E-state index in [0.29, 0.717) is 6.04 Å². The first-order chi connectivity index (χ1) is 5.66. The Morgan fingerprint density at radius 2 is 2.25 bits per heavy atom. The van der Waals surface area contributed by atoms with Crippen LogP contribution in [-0.2, 0) is 0 Å². The predicted molar refractivity (Wildman–Crippen MR) is 50.4 cm³/mol. The molecule has 1 aromatic heterocycles. The Bertz CT molecular complexity index is 314. The number of rotatable bonds is 2. The molecule has 1 atom stereocenters. The number of nitrogens with zero attached hydrogens (tertiary/aromatic N) is 1. The maximum absolute atomic E-state index is 11.5. The number of pyridine rings is 1. The van der Waals surface area contributed by atoms with Crippen LogP contribution in [0.15, 0.2) is 23.1 Å². The van der Waals surface area contributed by atoms with Gasteiger partial charge >= 0.3 is 0 Å². The Hall–Kier alpha value is -1.05. The molecule has 0 bridgehead atoms. The lowest BCUT2D eigenvalue weighted by Crippen LogP contribution is -2.23. The topological polar surface area (TPSA) is 22.0 Å². The highest BCUT2D eigenvalue weighted by molar-refractivity contribution is 5.08. The van der Waals surface area contributed by atoms with Crippen LogP contribution in [0.2, 0.25) is 0 Å². The summed E-state index contributed by atoms with van der Waals surface area (Å²) in [5, 5.41) is 0. The van der Waals surface area contributed by atoms with Gasteiger partial charge in [0.2, 0.25) is 0 Å². The van der Waals surface area contributed by atoms with Crippen LogP contribution >= 0.6 is 0 Å². The van der Waals surface area contributed by atoms with Crippen LogP contribution < -0.4 is 5.56 Å². The van der Waals surface area contributed by atoms with Crippen molar-refractivity contribution in [3.8, 4) is 0 Å². The molecule has 0 fully saturated rings. The molecule has 2 nitrogen and oxygen atoms in total. The number of aryl methyl sites for hydroxylation is 1. The highest BCUT2D eigenvalue weighted by Crippen LogP contribution is 2.06. The van der Waals surface area contributed by atoms with E-state index in [1.807, 2.05) is 25.3 Å². The summed E-state index contributed by atoms with van der Waals surface area (Å²) in [7, 11) is 0. The fourth-order valence-corrected chi connectivity index (χ4v) is 1.17. The van der Waals surface area contributed by atoms with Crippen molar-refractivity contribution in [3.05, 3.63) is 34.2 Å². The monoisotopic (exact) mass is 165 g/mol. The molecule has 66 valence electrons. The van der Waals surface area contributed by atoms with E-state index in [1.54, 1.807) is 4.57 Å². The minimum absolute atomic E-state index is 0.131. The fourth-order valence-electron chi connectivity index (χ4n) is 1.17. The van der Waals surface area contributed by atoms with Crippen LogP contribution in [0.3, 0.4) is 0 Å². The van der Waals surface area contributed by atoms with Crippen LogP contribution in [0.25, 0.3) is 0 Å². The molecule has 0 aliphatic heterocycles. The number of aromatic nitrogens is 1. The molecule has 12 heavy (non-hydrogen) atoms. The predicted octanol–water partition coefficient (Wildman–Crippen LogP) is 2.13. The summed E-state index contributed by atoms with van der Waals surface area (Å²) in [4.78, 5) is 11.5. The smallest absolute Gasteiger partial charge is 0.253 e. The lowest BCUT2D eigenvalue weighted by atomic mass is 10.2.